The zero-order valence-electron chi connectivity index (χ0n) is 15.4. The van der Waals surface area contributed by atoms with Crippen LogP contribution in [-0.4, -0.2) is 52.9 Å². The van der Waals surface area contributed by atoms with Crippen LogP contribution < -0.4 is 4.90 Å². The maximum atomic E-state index is 6.19. The fraction of sp³-hybridized carbons (Fsp3) is 0.500. The maximum Gasteiger partial charge on any atom is 0.131 e. The van der Waals surface area contributed by atoms with E-state index in [2.05, 4.69) is 38.8 Å². The first-order valence-electron chi connectivity index (χ1n) is 9.13. The largest absolute Gasteiger partial charge is 0.370 e. The topological polar surface area (TPSA) is 37.2 Å². The van der Waals surface area contributed by atoms with Crippen molar-refractivity contribution in [3.8, 4) is 11.8 Å². The van der Waals surface area contributed by atoms with Gasteiger partial charge in [0.15, 0.2) is 0 Å². The van der Waals surface area contributed by atoms with Gasteiger partial charge in [0.2, 0.25) is 0 Å². The zero-order valence-corrected chi connectivity index (χ0v) is 16.1. The number of likely N-dealkylation sites (tertiary alicyclic amines) is 1. The third-order valence-electron chi connectivity index (χ3n) is 5.69. The molecule has 0 aliphatic carbocycles. The van der Waals surface area contributed by atoms with Crippen molar-refractivity contribution in [3.63, 3.8) is 0 Å². The molecule has 0 radical (unpaired) electrons. The molecule has 1 spiro atoms. The quantitative estimate of drug-likeness (QED) is 0.572. The highest BCUT2D eigenvalue weighted by atomic mass is 35.5. The Hall–Kier alpha value is -2.03. The lowest BCUT2D eigenvalue weighted by atomic mass is 9.77. The Morgan fingerprint density at radius 1 is 1.08 bits per heavy atom. The Balaban J connectivity index is 1.55. The number of hydrogen-bond donors (Lipinski definition) is 0. The van der Waals surface area contributed by atoms with Crippen molar-refractivity contribution in [3.05, 3.63) is 40.9 Å². The second-order valence-electron chi connectivity index (χ2n) is 7.65. The molecule has 0 N–H and O–H groups in total. The SMILES string of the molecule is CN1CCC2(CCN(c3cc(Cl)ncc3C#Cc3cnn(C)c3)CC2)C1. The number of piperidine rings is 1. The van der Waals surface area contributed by atoms with Crippen LogP contribution in [0.4, 0.5) is 5.69 Å². The maximum absolute atomic E-state index is 6.19. The van der Waals surface area contributed by atoms with E-state index in [1.165, 1.54) is 32.4 Å². The van der Waals surface area contributed by atoms with Gasteiger partial charge in [-0.3, -0.25) is 4.68 Å². The van der Waals surface area contributed by atoms with Crippen LogP contribution in [0.5, 0.6) is 0 Å². The molecular formula is C20H24ClN5. The number of halogens is 1. The standard InChI is InChI=1S/C20H24ClN5/c1-24-8-5-20(15-24)6-9-26(10-7-20)18-11-19(21)22-13-17(18)4-3-16-12-23-25(2)14-16/h11-14H,5-10,15H2,1-2H3. The van der Waals surface area contributed by atoms with Gasteiger partial charge >= 0.3 is 0 Å². The molecule has 0 saturated carbocycles. The minimum Gasteiger partial charge on any atom is -0.370 e. The van der Waals surface area contributed by atoms with Crippen LogP contribution in [0, 0.1) is 17.3 Å². The van der Waals surface area contributed by atoms with E-state index in [1.54, 1.807) is 17.1 Å². The summed E-state index contributed by atoms with van der Waals surface area (Å²) in [5.74, 6) is 6.45. The molecular weight excluding hydrogens is 346 g/mol. The molecule has 2 aromatic heterocycles. The van der Waals surface area contributed by atoms with Gasteiger partial charge in [-0.25, -0.2) is 4.98 Å². The first-order chi connectivity index (χ1) is 12.5. The van der Waals surface area contributed by atoms with E-state index in [9.17, 15) is 0 Å². The summed E-state index contributed by atoms with van der Waals surface area (Å²) in [6.45, 7) is 4.56. The molecule has 6 heteroatoms. The molecule has 2 aliphatic rings. The summed E-state index contributed by atoms with van der Waals surface area (Å²) in [6.07, 6.45) is 9.25. The summed E-state index contributed by atoms with van der Waals surface area (Å²) in [6, 6.07) is 1.95. The number of hydrogen-bond acceptors (Lipinski definition) is 4. The molecule has 4 heterocycles. The van der Waals surface area contributed by atoms with Crippen molar-refractivity contribution in [2.75, 3.05) is 38.1 Å². The monoisotopic (exact) mass is 369 g/mol. The molecule has 136 valence electrons. The van der Waals surface area contributed by atoms with Gasteiger partial charge in [0.05, 0.1) is 23.0 Å². The van der Waals surface area contributed by atoms with E-state index >= 15 is 0 Å². The molecule has 0 unspecified atom stereocenters. The van der Waals surface area contributed by atoms with Gasteiger partial charge in [-0.15, -0.1) is 0 Å². The fourth-order valence-corrected chi connectivity index (χ4v) is 4.34. The molecule has 0 bridgehead atoms. The van der Waals surface area contributed by atoms with Crippen LogP contribution in [-0.2, 0) is 7.05 Å². The first-order valence-corrected chi connectivity index (χ1v) is 9.51. The lowest BCUT2D eigenvalue weighted by Crippen LogP contribution is -2.41. The molecule has 0 amide bonds. The van der Waals surface area contributed by atoms with Crippen LogP contribution in [0.2, 0.25) is 5.15 Å². The molecule has 2 aromatic rings. The first kappa shape index (κ1) is 17.4. The van der Waals surface area contributed by atoms with Crippen molar-refractivity contribution in [1.29, 1.82) is 0 Å². The smallest absolute Gasteiger partial charge is 0.131 e. The number of nitrogens with zero attached hydrogens (tertiary/aromatic N) is 5. The second-order valence-corrected chi connectivity index (χ2v) is 8.04. The fourth-order valence-electron chi connectivity index (χ4n) is 4.19. The predicted octanol–water partition coefficient (Wildman–Crippen LogP) is 2.79. The summed E-state index contributed by atoms with van der Waals surface area (Å²) in [5.41, 5.74) is 3.43. The second kappa shape index (κ2) is 6.94. The molecule has 4 rings (SSSR count). The van der Waals surface area contributed by atoms with Crippen LogP contribution >= 0.6 is 11.6 Å². The number of rotatable bonds is 1. The average Bonchev–Trinajstić information content (AvgIpc) is 3.20. The Bertz CT molecular complexity index is 855. The average molecular weight is 370 g/mol. The zero-order chi connectivity index (χ0) is 18.1. The summed E-state index contributed by atoms with van der Waals surface area (Å²) in [5, 5.41) is 4.69. The van der Waals surface area contributed by atoms with Gasteiger partial charge in [-0.05, 0) is 38.3 Å². The van der Waals surface area contributed by atoms with Crippen LogP contribution in [0.1, 0.15) is 30.4 Å². The highest BCUT2D eigenvalue weighted by molar-refractivity contribution is 6.29. The normalized spacial score (nSPS) is 19.6. The van der Waals surface area contributed by atoms with E-state index in [0.717, 1.165) is 29.9 Å². The number of aromatic nitrogens is 3. The van der Waals surface area contributed by atoms with Crippen LogP contribution in [0.25, 0.3) is 0 Å². The summed E-state index contributed by atoms with van der Waals surface area (Å²) < 4.78 is 1.76. The molecule has 26 heavy (non-hydrogen) atoms. The summed E-state index contributed by atoms with van der Waals surface area (Å²) >= 11 is 6.19. The van der Waals surface area contributed by atoms with Crippen molar-refractivity contribution in [2.24, 2.45) is 12.5 Å². The predicted molar refractivity (Wildman–Crippen MR) is 104 cm³/mol. The highest BCUT2D eigenvalue weighted by Crippen LogP contribution is 2.41. The van der Waals surface area contributed by atoms with Gasteiger partial charge in [0.25, 0.3) is 0 Å². The van der Waals surface area contributed by atoms with E-state index in [4.69, 9.17) is 11.6 Å². The van der Waals surface area contributed by atoms with Crippen molar-refractivity contribution in [1.82, 2.24) is 19.7 Å². The van der Waals surface area contributed by atoms with E-state index in [-0.39, 0.29) is 0 Å². The molecule has 2 saturated heterocycles. The van der Waals surface area contributed by atoms with Crippen molar-refractivity contribution in [2.45, 2.75) is 19.3 Å². The van der Waals surface area contributed by atoms with E-state index < -0.39 is 0 Å². The molecule has 2 aliphatic heterocycles. The number of anilines is 1. The Labute approximate surface area is 160 Å². The highest BCUT2D eigenvalue weighted by Gasteiger charge is 2.39. The number of pyridine rings is 1. The minimum absolute atomic E-state index is 0.504. The third kappa shape index (κ3) is 3.58. The minimum atomic E-state index is 0.504. The Kier molecular flexibility index (Phi) is 4.64. The molecule has 5 nitrogen and oxygen atoms in total. The van der Waals surface area contributed by atoms with Crippen molar-refractivity contribution >= 4 is 17.3 Å². The van der Waals surface area contributed by atoms with E-state index in [1.807, 2.05) is 19.3 Å². The lowest BCUT2D eigenvalue weighted by Gasteiger charge is -2.40. The van der Waals surface area contributed by atoms with E-state index in [0.29, 0.717) is 10.6 Å². The van der Waals surface area contributed by atoms with Crippen LogP contribution in [0.3, 0.4) is 0 Å². The Morgan fingerprint density at radius 2 is 1.85 bits per heavy atom. The summed E-state index contributed by atoms with van der Waals surface area (Å²) in [7, 11) is 4.13. The number of aryl methyl sites for hydroxylation is 1. The van der Waals surface area contributed by atoms with Gasteiger partial charge in [0.1, 0.15) is 5.15 Å². The molecule has 2 fully saturated rings. The van der Waals surface area contributed by atoms with Gasteiger partial charge < -0.3 is 9.80 Å². The lowest BCUT2D eigenvalue weighted by molar-refractivity contribution is 0.222. The molecule has 0 aromatic carbocycles. The van der Waals surface area contributed by atoms with Gasteiger partial charge in [-0.2, -0.15) is 5.10 Å². The third-order valence-corrected chi connectivity index (χ3v) is 5.90. The molecule has 0 atom stereocenters. The summed E-state index contributed by atoms with van der Waals surface area (Å²) in [4.78, 5) is 9.12. The van der Waals surface area contributed by atoms with Crippen molar-refractivity contribution < 1.29 is 0 Å². The Morgan fingerprint density at radius 3 is 2.50 bits per heavy atom. The van der Waals surface area contributed by atoms with Gasteiger partial charge in [0, 0.05) is 45.1 Å². The van der Waals surface area contributed by atoms with Crippen LogP contribution in [0.15, 0.2) is 24.7 Å². The van der Waals surface area contributed by atoms with Gasteiger partial charge in [-0.1, -0.05) is 23.4 Å².